The zero-order valence-electron chi connectivity index (χ0n) is 14.4. The minimum absolute atomic E-state index is 0.0230. The molecule has 3 rings (SSSR count). The van der Waals surface area contributed by atoms with E-state index in [1.807, 2.05) is 6.92 Å². The summed E-state index contributed by atoms with van der Waals surface area (Å²) in [6.45, 7) is 3.68. The van der Waals surface area contributed by atoms with Crippen molar-refractivity contribution in [2.75, 3.05) is 19.8 Å². The van der Waals surface area contributed by atoms with Crippen LogP contribution in [0.15, 0.2) is 16.9 Å². The zero-order valence-corrected chi connectivity index (χ0v) is 14.4. The first-order valence-electron chi connectivity index (χ1n) is 8.72. The zero-order chi connectivity index (χ0) is 17.1. The molecule has 1 saturated carbocycles. The first-order chi connectivity index (χ1) is 11.5. The smallest absolute Gasteiger partial charge is 0.268 e. The predicted octanol–water partition coefficient (Wildman–Crippen LogP) is 1.40. The van der Waals surface area contributed by atoms with Crippen molar-refractivity contribution in [2.24, 2.45) is 13.0 Å². The quantitative estimate of drug-likeness (QED) is 0.884. The van der Waals surface area contributed by atoms with Crippen molar-refractivity contribution in [1.29, 1.82) is 0 Å². The molecule has 6 nitrogen and oxygen atoms in total. The molecule has 2 aliphatic rings. The van der Waals surface area contributed by atoms with Crippen molar-refractivity contribution in [3.05, 3.63) is 33.7 Å². The fraction of sp³-hybridized carbons (Fsp3) is 0.667. The van der Waals surface area contributed by atoms with Gasteiger partial charge in [0.25, 0.3) is 5.91 Å². The Morgan fingerprint density at radius 2 is 2.17 bits per heavy atom. The second-order valence-electron chi connectivity index (χ2n) is 6.89. The molecule has 2 fully saturated rings. The lowest BCUT2D eigenvalue weighted by Gasteiger charge is -2.34. The van der Waals surface area contributed by atoms with Crippen molar-refractivity contribution >= 4 is 5.91 Å². The van der Waals surface area contributed by atoms with E-state index in [0.717, 1.165) is 18.7 Å². The molecular weight excluding hydrogens is 308 g/mol. The Morgan fingerprint density at radius 3 is 2.88 bits per heavy atom. The van der Waals surface area contributed by atoms with Crippen LogP contribution in [-0.2, 0) is 16.5 Å². The molecule has 1 N–H and O–H groups in total. The predicted molar refractivity (Wildman–Crippen MR) is 90.2 cm³/mol. The molecule has 1 aromatic heterocycles. The summed E-state index contributed by atoms with van der Waals surface area (Å²) in [7, 11) is 1.78. The summed E-state index contributed by atoms with van der Waals surface area (Å²) in [5, 5.41) is 2.99. The van der Waals surface area contributed by atoms with Gasteiger partial charge in [0.15, 0.2) is 5.43 Å². The Balaban J connectivity index is 1.65. The third kappa shape index (κ3) is 3.87. The van der Waals surface area contributed by atoms with Gasteiger partial charge in [0.1, 0.15) is 5.69 Å². The van der Waals surface area contributed by atoms with E-state index in [1.165, 1.54) is 31.4 Å². The number of aryl methyl sites for hydroxylation is 1. The molecular formula is C18H26N2O4. The number of nitrogens with zero attached hydrogens (tertiary/aromatic N) is 1. The number of aromatic nitrogens is 1. The molecule has 1 aliphatic carbocycles. The second-order valence-corrected chi connectivity index (χ2v) is 6.89. The molecule has 6 heteroatoms. The van der Waals surface area contributed by atoms with Crippen LogP contribution in [0.4, 0.5) is 0 Å². The molecule has 0 radical (unpaired) electrons. The van der Waals surface area contributed by atoms with E-state index in [1.54, 1.807) is 11.6 Å². The van der Waals surface area contributed by atoms with Gasteiger partial charge in [0.2, 0.25) is 0 Å². The first-order valence-corrected chi connectivity index (χ1v) is 8.72. The summed E-state index contributed by atoms with van der Waals surface area (Å²) in [6, 6.07) is 2.71. The fourth-order valence-electron chi connectivity index (χ4n) is 3.20. The number of hydrogen-bond donors (Lipinski definition) is 1. The van der Waals surface area contributed by atoms with E-state index in [9.17, 15) is 9.59 Å². The lowest BCUT2D eigenvalue weighted by atomic mass is 9.86. The molecule has 1 aromatic rings. The van der Waals surface area contributed by atoms with E-state index >= 15 is 0 Å². The van der Waals surface area contributed by atoms with Crippen LogP contribution in [0.3, 0.4) is 0 Å². The third-order valence-electron chi connectivity index (χ3n) is 5.13. The number of carbonyl (C=O) groups is 1. The summed E-state index contributed by atoms with van der Waals surface area (Å²) in [4.78, 5) is 24.3. The number of amides is 1. The van der Waals surface area contributed by atoms with Gasteiger partial charge in [-0.15, -0.1) is 0 Å². The van der Waals surface area contributed by atoms with E-state index in [0.29, 0.717) is 24.8 Å². The van der Waals surface area contributed by atoms with Crippen molar-refractivity contribution in [3.8, 4) is 0 Å². The SMILES string of the molecule is Cc1cc(=O)cc(C(=O)N[C@@H]2COCC[C@@H]2OCC2CCC2)n1C. The van der Waals surface area contributed by atoms with Crippen LogP contribution in [0, 0.1) is 12.8 Å². The molecule has 0 bridgehead atoms. The van der Waals surface area contributed by atoms with Crippen LogP contribution in [0.5, 0.6) is 0 Å². The van der Waals surface area contributed by atoms with Crippen LogP contribution in [0.2, 0.25) is 0 Å². The van der Waals surface area contributed by atoms with Gasteiger partial charge in [-0.2, -0.15) is 0 Å². The van der Waals surface area contributed by atoms with Crippen LogP contribution in [0.25, 0.3) is 0 Å². The Morgan fingerprint density at radius 1 is 1.38 bits per heavy atom. The van der Waals surface area contributed by atoms with Gasteiger partial charge in [0.05, 0.1) is 18.8 Å². The average Bonchev–Trinajstić information content (AvgIpc) is 2.50. The van der Waals surface area contributed by atoms with Crippen molar-refractivity contribution in [2.45, 2.75) is 44.8 Å². The molecule has 1 amide bonds. The molecule has 0 spiro atoms. The van der Waals surface area contributed by atoms with E-state index < -0.39 is 0 Å². The van der Waals surface area contributed by atoms with Crippen molar-refractivity contribution in [1.82, 2.24) is 9.88 Å². The summed E-state index contributed by atoms with van der Waals surface area (Å²) in [5.74, 6) is 0.410. The van der Waals surface area contributed by atoms with Gasteiger partial charge in [-0.1, -0.05) is 6.42 Å². The van der Waals surface area contributed by atoms with Gasteiger partial charge >= 0.3 is 0 Å². The third-order valence-corrected chi connectivity index (χ3v) is 5.13. The highest BCUT2D eigenvalue weighted by atomic mass is 16.5. The molecule has 0 aromatic carbocycles. The standard InChI is InChI=1S/C18H26N2O4/c1-12-8-14(21)9-16(20(12)2)18(22)19-15-11-23-7-6-17(15)24-10-13-4-3-5-13/h8-9,13,15,17H,3-7,10-11H2,1-2H3,(H,19,22)/t15-,17+/m1/s1. The molecule has 0 unspecified atom stereocenters. The second kappa shape index (κ2) is 7.49. The highest BCUT2D eigenvalue weighted by Crippen LogP contribution is 2.27. The molecule has 2 atom stereocenters. The van der Waals surface area contributed by atoms with Gasteiger partial charge < -0.3 is 19.4 Å². The summed E-state index contributed by atoms with van der Waals surface area (Å²) in [6.07, 6.45) is 4.54. The molecule has 1 aliphatic heterocycles. The van der Waals surface area contributed by atoms with Gasteiger partial charge in [0, 0.05) is 38.1 Å². The molecule has 132 valence electrons. The number of pyridine rings is 1. The monoisotopic (exact) mass is 334 g/mol. The highest BCUT2D eigenvalue weighted by Gasteiger charge is 2.30. The number of carbonyl (C=O) groups excluding carboxylic acids is 1. The highest BCUT2D eigenvalue weighted by molar-refractivity contribution is 5.92. The van der Waals surface area contributed by atoms with Crippen molar-refractivity contribution < 1.29 is 14.3 Å². The minimum atomic E-state index is -0.258. The fourth-order valence-corrected chi connectivity index (χ4v) is 3.20. The van der Waals surface area contributed by atoms with Crippen molar-refractivity contribution in [3.63, 3.8) is 0 Å². The minimum Gasteiger partial charge on any atom is -0.379 e. The topological polar surface area (TPSA) is 69.6 Å². The number of rotatable bonds is 5. The maximum atomic E-state index is 12.6. The van der Waals surface area contributed by atoms with Gasteiger partial charge in [-0.3, -0.25) is 9.59 Å². The van der Waals surface area contributed by atoms with Gasteiger partial charge in [-0.05, 0) is 32.1 Å². The Hall–Kier alpha value is -1.66. The average molecular weight is 334 g/mol. The molecule has 1 saturated heterocycles. The summed E-state index contributed by atoms with van der Waals surface area (Å²) in [5.41, 5.74) is 0.960. The normalized spacial score (nSPS) is 24.4. The molecule has 24 heavy (non-hydrogen) atoms. The first kappa shape index (κ1) is 17.2. The maximum absolute atomic E-state index is 12.6. The van der Waals surface area contributed by atoms with Crippen LogP contribution >= 0.6 is 0 Å². The number of hydrogen-bond acceptors (Lipinski definition) is 4. The Labute approximate surface area is 142 Å². The Bertz CT molecular complexity index is 651. The number of ether oxygens (including phenoxy) is 2. The largest absolute Gasteiger partial charge is 0.379 e. The van der Waals surface area contributed by atoms with E-state index in [2.05, 4.69) is 5.32 Å². The maximum Gasteiger partial charge on any atom is 0.268 e. The van der Waals surface area contributed by atoms with Crippen LogP contribution in [-0.4, -0.2) is 42.4 Å². The lowest BCUT2D eigenvalue weighted by Crippen LogP contribution is -2.51. The van der Waals surface area contributed by atoms with Crippen LogP contribution < -0.4 is 10.7 Å². The summed E-state index contributed by atoms with van der Waals surface area (Å²) < 4.78 is 13.3. The van der Waals surface area contributed by atoms with E-state index in [4.69, 9.17) is 9.47 Å². The summed E-state index contributed by atoms with van der Waals surface area (Å²) >= 11 is 0. The number of nitrogens with one attached hydrogen (secondary N) is 1. The Kier molecular flexibility index (Phi) is 5.36. The van der Waals surface area contributed by atoms with Gasteiger partial charge in [-0.25, -0.2) is 0 Å². The van der Waals surface area contributed by atoms with E-state index in [-0.39, 0.29) is 23.5 Å². The lowest BCUT2D eigenvalue weighted by molar-refractivity contribution is -0.0697. The van der Waals surface area contributed by atoms with Crippen LogP contribution in [0.1, 0.15) is 41.9 Å². The molecule has 2 heterocycles.